The summed E-state index contributed by atoms with van der Waals surface area (Å²) in [7, 11) is 0. The molecule has 0 radical (unpaired) electrons. The molecule has 0 aliphatic carbocycles. The summed E-state index contributed by atoms with van der Waals surface area (Å²) in [6.07, 6.45) is 4.62. The van der Waals surface area contributed by atoms with Gasteiger partial charge < -0.3 is 5.11 Å². The second kappa shape index (κ2) is 9.18. The average molecular weight is 224 g/mol. The molecule has 0 aromatic carbocycles. The minimum atomic E-state index is -0.672. The Bertz CT molecular complexity index is 113. The van der Waals surface area contributed by atoms with E-state index in [-0.39, 0.29) is 19.5 Å². The van der Waals surface area contributed by atoms with E-state index in [2.05, 4.69) is 13.8 Å². The summed E-state index contributed by atoms with van der Waals surface area (Å²) in [6.45, 7) is 4.38. The Morgan fingerprint density at radius 2 is 1.83 bits per heavy atom. The van der Waals surface area contributed by atoms with Gasteiger partial charge in [0.1, 0.15) is 0 Å². The van der Waals surface area contributed by atoms with Gasteiger partial charge in [-0.3, -0.25) is 4.79 Å². The van der Waals surface area contributed by atoms with Gasteiger partial charge in [0.25, 0.3) is 0 Å². The average Bonchev–Trinajstić information content (AvgIpc) is 1.85. The standard InChI is InChI=1S/C9H18O2.Zn/c1-8(2)6-4-3-5-7-9(10)11;/h8H,3-7H2,1-2H3,(H,10,11);. The van der Waals surface area contributed by atoms with E-state index in [1.807, 2.05) is 0 Å². The van der Waals surface area contributed by atoms with E-state index >= 15 is 0 Å². The Labute approximate surface area is 87.5 Å². The molecule has 0 aliphatic rings. The van der Waals surface area contributed by atoms with E-state index in [0.29, 0.717) is 6.42 Å². The van der Waals surface area contributed by atoms with Crippen molar-refractivity contribution in [2.45, 2.75) is 46.0 Å². The van der Waals surface area contributed by atoms with Crippen molar-refractivity contribution in [1.29, 1.82) is 0 Å². The number of unbranched alkanes of at least 4 members (excludes halogenated alkanes) is 2. The summed E-state index contributed by atoms with van der Waals surface area (Å²) in [5.74, 6) is 0.0781. The predicted octanol–water partition coefficient (Wildman–Crippen LogP) is 2.68. The maximum absolute atomic E-state index is 10.1. The summed E-state index contributed by atoms with van der Waals surface area (Å²) >= 11 is 0. The summed E-state index contributed by atoms with van der Waals surface area (Å²) in [4.78, 5) is 10.1. The van der Waals surface area contributed by atoms with E-state index < -0.39 is 5.97 Å². The third-order valence-electron chi connectivity index (χ3n) is 1.67. The fraction of sp³-hybridized carbons (Fsp3) is 0.889. The van der Waals surface area contributed by atoms with Gasteiger partial charge in [0, 0.05) is 25.9 Å². The van der Waals surface area contributed by atoms with Gasteiger partial charge in [-0.1, -0.05) is 33.1 Å². The van der Waals surface area contributed by atoms with Crippen LogP contribution in [-0.4, -0.2) is 11.1 Å². The first-order valence-corrected chi connectivity index (χ1v) is 4.34. The van der Waals surface area contributed by atoms with Crippen LogP contribution in [0.5, 0.6) is 0 Å². The fourth-order valence-electron chi connectivity index (χ4n) is 1.01. The number of carbonyl (C=O) groups is 1. The minimum absolute atomic E-state index is 0. The molecule has 0 amide bonds. The first-order chi connectivity index (χ1) is 5.13. The zero-order valence-electron chi connectivity index (χ0n) is 8.18. The van der Waals surface area contributed by atoms with Crippen LogP contribution in [0.15, 0.2) is 0 Å². The van der Waals surface area contributed by atoms with E-state index in [0.717, 1.165) is 18.8 Å². The normalized spacial score (nSPS) is 9.58. The molecule has 0 rings (SSSR count). The zero-order chi connectivity index (χ0) is 8.69. The number of carboxylic acid groups (broad SMARTS) is 1. The molecule has 0 saturated heterocycles. The smallest absolute Gasteiger partial charge is 0.303 e. The third-order valence-corrected chi connectivity index (χ3v) is 1.67. The molecule has 0 fully saturated rings. The van der Waals surface area contributed by atoms with Gasteiger partial charge in [0.05, 0.1) is 0 Å². The van der Waals surface area contributed by atoms with Crippen molar-refractivity contribution in [3.63, 3.8) is 0 Å². The first-order valence-electron chi connectivity index (χ1n) is 4.34. The Balaban J connectivity index is 0. The molecule has 68 valence electrons. The first kappa shape index (κ1) is 14.6. The van der Waals surface area contributed by atoms with Crippen LogP contribution in [0, 0.1) is 5.92 Å². The molecule has 0 saturated carbocycles. The van der Waals surface area contributed by atoms with E-state index in [9.17, 15) is 4.79 Å². The molecular formula is C9H18O2Zn. The van der Waals surface area contributed by atoms with E-state index in [1.165, 1.54) is 12.8 Å². The second-order valence-corrected chi connectivity index (χ2v) is 3.39. The number of carboxylic acids is 1. The maximum Gasteiger partial charge on any atom is 0.303 e. The number of rotatable bonds is 6. The summed E-state index contributed by atoms with van der Waals surface area (Å²) in [6, 6.07) is 0. The molecule has 0 bridgehead atoms. The Kier molecular flexibility index (Phi) is 11.2. The molecule has 0 heterocycles. The van der Waals surface area contributed by atoms with Crippen LogP contribution in [0.4, 0.5) is 0 Å². The molecule has 1 N–H and O–H groups in total. The Morgan fingerprint density at radius 1 is 1.25 bits per heavy atom. The molecule has 12 heavy (non-hydrogen) atoms. The monoisotopic (exact) mass is 222 g/mol. The van der Waals surface area contributed by atoms with Crippen LogP contribution in [0.25, 0.3) is 0 Å². The summed E-state index contributed by atoms with van der Waals surface area (Å²) in [5, 5.41) is 8.32. The number of aliphatic carboxylic acids is 1. The topological polar surface area (TPSA) is 37.3 Å². The van der Waals surface area contributed by atoms with E-state index in [1.54, 1.807) is 0 Å². The van der Waals surface area contributed by atoms with Crippen LogP contribution in [0.3, 0.4) is 0 Å². The van der Waals surface area contributed by atoms with Gasteiger partial charge in [-0.05, 0) is 12.3 Å². The van der Waals surface area contributed by atoms with Crippen molar-refractivity contribution >= 4 is 5.97 Å². The van der Waals surface area contributed by atoms with Crippen molar-refractivity contribution < 1.29 is 29.4 Å². The van der Waals surface area contributed by atoms with Crippen molar-refractivity contribution in [1.82, 2.24) is 0 Å². The maximum atomic E-state index is 10.1. The van der Waals surface area contributed by atoms with Crippen molar-refractivity contribution in [3.8, 4) is 0 Å². The van der Waals surface area contributed by atoms with Gasteiger partial charge >= 0.3 is 5.97 Å². The van der Waals surface area contributed by atoms with Crippen molar-refractivity contribution in [2.24, 2.45) is 5.92 Å². The zero-order valence-corrected chi connectivity index (χ0v) is 11.1. The predicted molar refractivity (Wildman–Crippen MR) is 45.6 cm³/mol. The van der Waals surface area contributed by atoms with Gasteiger partial charge in [0.15, 0.2) is 0 Å². The second-order valence-electron chi connectivity index (χ2n) is 3.39. The van der Waals surface area contributed by atoms with Gasteiger partial charge in [0.2, 0.25) is 0 Å². The molecular weight excluding hydrogens is 205 g/mol. The van der Waals surface area contributed by atoms with Crippen molar-refractivity contribution in [3.05, 3.63) is 0 Å². The quantitative estimate of drug-likeness (QED) is 0.555. The third kappa shape index (κ3) is 12.7. The van der Waals surface area contributed by atoms with Crippen LogP contribution < -0.4 is 0 Å². The largest absolute Gasteiger partial charge is 0.481 e. The van der Waals surface area contributed by atoms with Gasteiger partial charge in [-0.25, -0.2) is 0 Å². The Hall–Kier alpha value is 0.0934. The van der Waals surface area contributed by atoms with E-state index in [4.69, 9.17) is 5.11 Å². The fourth-order valence-corrected chi connectivity index (χ4v) is 1.01. The molecule has 3 heteroatoms. The van der Waals surface area contributed by atoms with Gasteiger partial charge in [-0.2, -0.15) is 0 Å². The number of hydrogen-bond acceptors (Lipinski definition) is 1. The SMILES string of the molecule is CC(C)CCCCCC(=O)O.[Zn]. The van der Waals surface area contributed by atoms with Crippen LogP contribution in [0.2, 0.25) is 0 Å². The Morgan fingerprint density at radius 3 is 2.25 bits per heavy atom. The molecule has 0 spiro atoms. The number of hydrogen-bond donors (Lipinski definition) is 1. The molecule has 2 nitrogen and oxygen atoms in total. The summed E-state index contributed by atoms with van der Waals surface area (Å²) < 4.78 is 0. The molecule has 0 aliphatic heterocycles. The van der Waals surface area contributed by atoms with Crippen LogP contribution in [0.1, 0.15) is 46.0 Å². The van der Waals surface area contributed by atoms with Gasteiger partial charge in [-0.15, -0.1) is 0 Å². The van der Waals surface area contributed by atoms with Crippen molar-refractivity contribution in [2.75, 3.05) is 0 Å². The molecule has 0 atom stereocenters. The molecule has 0 unspecified atom stereocenters. The molecule has 0 aromatic heterocycles. The van der Waals surface area contributed by atoms with Crippen LogP contribution in [-0.2, 0) is 24.3 Å². The summed E-state index contributed by atoms with van der Waals surface area (Å²) in [5.41, 5.74) is 0. The van der Waals surface area contributed by atoms with Crippen LogP contribution >= 0.6 is 0 Å². The molecule has 0 aromatic rings. The minimum Gasteiger partial charge on any atom is -0.481 e.